The summed E-state index contributed by atoms with van der Waals surface area (Å²) in [6, 6.07) is 23.5. The van der Waals surface area contributed by atoms with Crippen molar-refractivity contribution >= 4 is 11.8 Å². The lowest BCUT2D eigenvalue weighted by molar-refractivity contribution is -0.131. The molecule has 0 spiro atoms. The van der Waals surface area contributed by atoms with E-state index in [-0.39, 0.29) is 24.0 Å². The van der Waals surface area contributed by atoms with Crippen molar-refractivity contribution in [3.05, 3.63) is 83.9 Å². The lowest BCUT2D eigenvalue weighted by atomic mass is 9.80. The second-order valence-corrected chi connectivity index (χ2v) is 10.8. The molecule has 0 atom stereocenters. The van der Waals surface area contributed by atoms with E-state index in [9.17, 15) is 9.59 Å². The highest BCUT2D eigenvalue weighted by molar-refractivity contribution is 5.83. The minimum atomic E-state index is -0.472. The minimum Gasteiger partial charge on any atom is -0.484 e. The van der Waals surface area contributed by atoms with Gasteiger partial charge in [-0.1, -0.05) is 96.1 Å². The first kappa shape index (κ1) is 26.8. The number of hydrazine groups is 1. The summed E-state index contributed by atoms with van der Waals surface area (Å²) in [6.45, 7) is 12.4. The highest BCUT2D eigenvalue weighted by Gasteiger charge is 2.23. The predicted molar refractivity (Wildman–Crippen MR) is 143 cm³/mol. The standard InChI is InChI=1S/C30H36N2O4/c1-29(2,3)23-14-17-26(25(18-23)30(4,5)6)36-20-28(34)32-31-27(33)19-35-24-15-12-22(13-16-24)21-10-8-7-9-11-21/h7-18H,19-20H2,1-6H3,(H,31,33)(H,32,34). The van der Waals surface area contributed by atoms with Crippen molar-refractivity contribution < 1.29 is 19.1 Å². The van der Waals surface area contributed by atoms with Crippen LogP contribution >= 0.6 is 0 Å². The normalized spacial score (nSPS) is 11.5. The third-order valence-corrected chi connectivity index (χ3v) is 5.69. The average Bonchev–Trinajstić information content (AvgIpc) is 2.84. The topological polar surface area (TPSA) is 76.7 Å². The highest BCUT2D eigenvalue weighted by atomic mass is 16.5. The zero-order valence-corrected chi connectivity index (χ0v) is 22.0. The average molecular weight is 489 g/mol. The van der Waals surface area contributed by atoms with Gasteiger partial charge < -0.3 is 9.47 Å². The van der Waals surface area contributed by atoms with Crippen LogP contribution in [0.15, 0.2) is 72.8 Å². The van der Waals surface area contributed by atoms with Gasteiger partial charge in [-0.2, -0.15) is 0 Å². The van der Waals surface area contributed by atoms with Crippen LogP contribution in [0.3, 0.4) is 0 Å². The summed E-state index contributed by atoms with van der Waals surface area (Å²) in [7, 11) is 0. The second-order valence-electron chi connectivity index (χ2n) is 10.8. The molecule has 0 fully saturated rings. The maximum atomic E-state index is 12.3. The van der Waals surface area contributed by atoms with Gasteiger partial charge in [-0.05, 0) is 51.3 Å². The van der Waals surface area contributed by atoms with Crippen LogP contribution in [-0.2, 0) is 20.4 Å². The molecule has 0 aliphatic rings. The van der Waals surface area contributed by atoms with E-state index >= 15 is 0 Å². The van der Waals surface area contributed by atoms with Crippen molar-refractivity contribution in [1.29, 1.82) is 0 Å². The van der Waals surface area contributed by atoms with E-state index in [0.29, 0.717) is 11.5 Å². The molecule has 3 aromatic rings. The van der Waals surface area contributed by atoms with Crippen molar-refractivity contribution in [2.75, 3.05) is 13.2 Å². The Labute approximate surface area is 214 Å². The smallest absolute Gasteiger partial charge is 0.276 e. The van der Waals surface area contributed by atoms with Gasteiger partial charge in [0.1, 0.15) is 11.5 Å². The van der Waals surface area contributed by atoms with Gasteiger partial charge in [0.15, 0.2) is 13.2 Å². The van der Waals surface area contributed by atoms with Gasteiger partial charge >= 0.3 is 0 Å². The molecule has 0 radical (unpaired) electrons. The van der Waals surface area contributed by atoms with Crippen LogP contribution in [0.1, 0.15) is 52.7 Å². The molecule has 6 heteroatoms. The van der Waals surface area contributed by atoms with E-state index in [1.54, 1.807) is 12.1 Å². The van der Waals surface area contributed by atoms with Crippen LogP contribution in [0.25, 0.3) is 11.1 Å². The van der Waals surface area contributed by atoms with Crippen molar-refractivity contribution in [3.8, 4) is 22.6 Å². The summed E-state index contributed by atoms with van der Waals surface area (Å²) in [4.78, 5) is 24.4. The number of benzene rings is 3. The Balaban J connectivity index is 1.47. The molecule has 0 unspecified atom stereocenters. The molecule has 0 saturated heterocycles. The zero-order chi connectivity index (χ0) is 26.3. The quantitative estimate of drug-likeness (QED) is 0.427. The number of nitrogens with one attached hydrogen (secondary N) is 2. The molecule has 2 amide bonds. The first-order chi connectivity index (χ1) is 16.9. The Morgan fingerprint density at radius 3 is 1.78 bits per heavy atom. The van der Waals surface area contributed by atoms with Crippen molar-refractivity contribution in [1.82, 2.24) is 10.9 Å². The minimum absolute atomic E-state index is 0.00614. The Kier molecular flexibility index (Phi) is 8.41. The molecule has 0 aliphatic carbocycles. The van der Waals surface area contributed by atoms with Gasteiger partial charge in [-0.15, -0.1) is 0 Å². The fourth-order valence-electron chi connectivity index (χ4n) is 3.59. The van der Waals surface area contributed by atoms with Crippen LogP contribution in [0.5, 0.6) is 11.5 Å². The molecule has 6 nitrogen and oxygen atoms in total. The Hall–Kier alpha value is -3.80. The van der Waals surface area contributed by atoms with Gasteiger partial charge in [-0.25, -0.2) is 0 Å². The van der Waals surface area contributed by atoms with Gasteiger partial charge in [0.05, 0.1) is 0 Å². The number of hydrogen-bond acceptors (Lipinski definition) is 4. The number of hydrogen-bond donors (Lipinski definition) is 2. The van der Waals surface area contributed by atoms with E-state index < -0.39 is 11.8 Å². The van der Waals surface area contributed by atoms with Gasteiger partial charge in [0.25, 0.3) is 11.8 Å². The Morgan fingerprint density at radius 2 is 1.22 bits per heavy atom. The lowest BCUT2D eigenvalue weighted by Crippen LogP contribution is -2.45. The summed E-state index contributed by atoms with van der Waals surface area (Å²) >= 11 is 0. The molecule has 36 heavy (non-hydrogen) atoms. The van der Waals surface area contributed by atoms with E-state index in [4.69, 9.17) is 9.47 Å². The molecule has 190 valence electrons. The fraction of sp³-hybridized carbons (Fsp3) is 0.333. The number of amides is 2. The zero-order valence-electron chi connectivity index (χ0n) is 22.0. The number of rotatable bonds is 7. The van der Waals surface area contributed by atoms with E-state index in [1.165, 1.54) is 5.56 Å². The molecule has 0 bridgehead atoms. The molecule has 0 heterocycles. The predicted octanol–water partition coefficient (Wildman–Crippen LogP) is 5.55. The van der Waals surface area contributed by atoms with E-state index in [1.807, 2.05) is 54.6 Å². The largest absolute Gasteiger partial charge is 0.484 e. The van der Waals surface area contributed by atoms with Crippen LogP contribution < -0.4 is 20.3 Å². The van der Waals surface area contributed by atoms with Gasteiger partial charge in [0, 0.05) is 0 Å². The second kappa shape index (κ2) is 11.3. The van der Waals surface area contributed by atoms with E-state index in [2.05, 4.69) is 58.5 Å². The third kappa shape index (κ3) is 7.60. The first-order valence-electron chi connectivity index (χ1n) is 12.1. The van der Waals surface area contributed by atoms with E-state index in [0.717, 1.165) is 16.7 Å². The number of ether oxygens (including phenoxy) is 2. The van der Waals surface area contributed by atoms with Gasteiger partial charge in [-0.3, -0.25) is 20.4 Å². The van der Waals surface area contributed by atoms with Crippen LogP contribution in [0, 0.1) is 0 Å². The summed E-state index contributed by atoms with van der Waals surface area (Å²) in [5, 5.41) is 0. The summed E-state index contributed by atoms with van der Waals surface area (Å²) in [5.41, 5.74) is 8.97. The van der Waals surface area contributed by atoms with Crippen molar-refractivity contribution in [2.45, 2.75) is 52.4 Å². The summed E-state index contributed by atoms with van der Waals surface area (Å²) in [5.74, 6) is 0.280. The van der Waals surface area contributed by atoms with Crippen molar-refractivity contribution in [2.24, 2.45) is 0 Å². The SMILES string of the molecule is CC(C)(C)c1ccc(OCC(=O)NNC(=O)COc2ccc(-c3ccccc3)cc2)c(C(C)(C)C)c1. The molecule has 0 saturated carbocycles. The van der Waals surface area contributed by atoms with Crippen LogP contribution in [0.2, 0.25) is 0 Å². The molecular weight excluding hydrogens is 452 g/mol. The molecular formula is C30H36N2O4. The summed E-state index contributed by atoms with van der Waals surface area (Å²) in [6.07, 6.45) is 0. The monoisotopic (exact) mass is 488 g/mol. The molecule has 2 N–H and O–H groups in total. The first-order valence-corrected chi connectivity index (χ1v) is 12.1. The number of carbonyl (C=O) groups is 2. The van der Waals surface area contributed by atoms with Crippen molar-refractivity contribution in [3.63, 3.8) is 0 Å². The maximum Gasteiger partial charge on any atom is 0.276 e. The highest BCUT2D eigenvalue weighted by Crippen LogP contribution is 2.35. The fourth-order valence-corrected chi connectivity index (χ4v) is 3.59. The molecule has 3 aromatic carbocycles. The van der Waals surface area contributed by atoms with Gasteiger partial charge in [0.2, 0.25) is 0 Å². The molecule has 3 rings (SSSR count). The Bertz CT molecular complexity index is 1170. The van der Waals surface area contributed by atoms with Crippen LogP contribution in [0.4, 0.5) is 0 Å². The molecule has 0 aliphatic heterocycles. The maximum absolute atomic E-state index is 12.3. The summed E-state index contributed by atoms with van der Waals surface area (Å²) < 4.78 is 11.3. The Morgan fingerprint density at radius 1 is 0.667 bits per heavy atom. The van der Waals surface area contributed by atoms with Crippen LogP contribution in [-0.4, -0.2) is 25.0 Å². The third-order valence-electron chi connectivity index (χ3n) is 5.69. The molecule has 0 aromatic heterocycles. The lowest BCUT2D eigenvalue weighted by Gasteiger charge is -2.27. The number of carbonyl (C=O) groups excluding carboxylic acids is 2.